The molecule has 1 aliphatic rings. The molecule has 164 valence electrons. The number of aliphatic hydroxyl groups is 1. The fourth-order valence-electron chi connectivity index (χ4n) is 3.07. The molecule has 1 saturated heterocycles. The summed E-state index contributed by atoms with van der Waals surface area (Å²) < 4.78 is 4.56. The Morgan fingerprint density at radius 3 is 2.80 bits per heavy atom. The van der Waals surface area contributed by atoms with Crippen molar-refractivity contribution in [3.63, 3.8) is 0 Å². The number of allylic oxidation sites excluding steroid dienone is 2. The maximum absolute atomic E-state index is 12.8. The van der Waals surface area contributed by atoms with Crippen molar-refractivity contribution in [2.24, 2.45) is 0 Å². The van der Waals surface area contributed by atoms with Crippen LogP contribution in [0, 0.1) is 0 Å². The molecule has 1 aliphatic heterocycles. The number of amides is 1. The van der Waals surface area contributed by atoms with Crippen LogP contribution in [-0.2, 0) is 4.74 Å². The monoisotopic (exact) mass is 433 g/mol. The summed E-state index contributed by atoms with van der Waals surface area (Å²) in [6, 6.07) is 3.59. The predicted octanol–water partition coefficient (Wildman–Crippen LogP) is 3.90. The highest BCUT2D eigenvalue weighted by Gasteiger charge is 2.32. The number of ether oxygens (including phenoxy) is 1. The van der Waals surface area contributed by atoms with E-state index in [0.29, 0.717) is 18.8 Å². The van der Waals surface area contributed by atoms with E-state index in [1.807, 2.05) is 29.3 Å². The van der Waals surface area contributed by atoms with E-state index in [0.717, 1.165) is 35.6 Å². The summed E-state index contributed by atoms with van der Waals surface area (Å²) in [6.07, 6.45) is 4.69. The maximum atomic E-state index is 12.8. The number of aliphatic hydroxyl groups excluding tert-OH is 1. The summed E-state index contributed by atoms with van der Waals surface area (Å²) in [4.78, 5) is 16.9. The van der Waals surface area contributed by atoms with E-state index in [-0.39, 0.29) is 11.9 Å². The summed E-state index contributed by atoms with van der Waals surface area (Å²) >= 11 is 1.45. The van der Waals surface area contributed by atoms with Gasteiger partial charge in [0, 0.05) is 6.54 Å². The highest BCUT2D eigenvalue weighted by molar-refractivity contribution is 7.12. The van der Waals surface area contributed by atoms with E-state index in [2.05, 4.69) is 26.7 Å². The van der Waals surface area contributed by atoms with Gasteiger partial charge in [-0.25, -0.2) is 0 Å². The van der Waals surface area contributed by atoms with E-state index >= 15 is 0 Å². The van der Waals surface area contributed by atoms with Gasteiger partial charge in [-0.1, -0.05) is 19.6 Å². The molecule has 0 radical (unpaired) electrons. The van der Waals surface area contributed by atoms with E-state index in [4.69, 9.17) is 0 Å². The van der Waals surface area contributed by atoms with Gasteiger partial charge in [0.05, 0.1) is 35.6 Å². The van der Waals surface area contributed by atoms with Gasteiger partial charge in [0.2, 0.25) is 0 Å². The first-order valence-corrected chi connectivity index (χ1v) is 11.0. The lowest BCUT2D eigenvalue weighted by Crippen LogP contribution is -2.38. The van der Waals surface area contributed by atoms with Gasteiger partial charge in [-0.3, -0.25) is 4.79 Å². The molecule has 8 nitrogen and oxygen atoms in total. The highest BCUT2D eigenvalue weighted by Crippen LogP contribution is 2.31. The van der Waals surface area contributed by atoms with Crippen LogP contribution in [0.5, 0.6) is 0 Å². The number of hydrogen-bond acceptors (Lipinski definition) is 7. The number of aromatic nitrogens is 4. The van der Waals surface area contributed by atoms with Crippen LogP contribution in [0.2, 0.25) is 0 Å². The van der Waals surface area contributed by atoms with E-state index in [9.17, 15) is 9.90 Å². The maximum Gasteiger partial charge on any atom is 0.264 e. The van der Waals surface area contributed by atoms with Gasteiger partial charge < -0.3 is 14.7 Å². The van der Waals surface area contributed by atoms with Crippen molar-refractivity contribution < 1.29 is 14.6 Å². The van der Waals surface area contributed by atoms with Crippen LogP contribution in [0.1, 0.15) is 68.0 Å². The standard InChI is InChI=1S/C17H23N5O2S.C4H8O/c1-3-13(11-12(2)23)22-19-16(18-20-22)14-7-4-5-9-21(14)17(24)15-8-6-10-25-15;1-4(2)5-3/h6,8,10-12,14,23H,3-5,7,9H2,1-2H3;1H2,2-3H3/b13-11+;. The Hall–Kier alpha value is -2.52. The van der Waals surface area contributed by atoms with Gasteiger partial charge in [-0.15, -0.1) is 26.3 Å². The Balaban J connectivity index is 0.000000575. The van der Waals surface area contributed by atoms with Crippen LogP contribution >= 0.6 is 11.3 Å². The van der Waals surface area contributed by atoms with Crippen LogP contribution < -0.4 is 0 Å². The van der Waals surface area contributed by atoms with Gasteiger partial charge in [-0.05, 0) is 62.3 Å². The molecule has 0 spiro atoms. The van der Waals surface area contributed by atoms with Crippen molar-refractivity contribution in [3.8, 4) is 0 Å². The summed E-state index contributed by atoms with van der Waals surface area (Å²) in [5.74, 6) is 1.35. The number of thiophene rings is 1. The Morgan fingerprint density at radius 2 is 2.23 bits per heavy atom. The molecule has 9 heteroatoms. The second-order valence-electron chi connectivity index (χ2n) is 7.08. The Labute approximate surface area is 181 Å². The van der Waals surface area contributed by atoms with Crippen molar-refractivity contribution in [3.05, 3.63) is 46.6 Å². The number of piperidine rings is 1. The predicted molar refractivity (Wildman–Crippen MR) is 118 cm³/mol. The first kappa shape index (κ1) is 23.8. The molecule has 30 heavy (non-hydrogen) atoms. The van der Waals surface area contributed by atoms with Crippen LogP contribution in [0.15, 0.2) is 35.9 Å². The number of likely N-dealkylation sites (tertiary alicyclic amines) is 1. The lowest BCUT2D eigenvalue weighted by atomic mass is 10.0. The van der Waals surface area contributed by atoms with Gasteiger partial charge >= 0.3 is 0 Å². The van der Waals surface area contributed by atoms with Gasteiger partial charge in [0.25, 0.3) is 5.91 Å². The number of nitrogens with zero attached hydrogens (tertiary/aromatic N) is 5. The molecule has 3 rings (SSSR count). The van der Waals surface area contributed by atoms with Crippen molar-refractivity contribution in [1.82, 2.24) is 25.1 Å². The third-order valence-corrected chi connectivity index (χ3v) is 5.48. The minimum Gasteiger partial charge on any atom is -0.502 e. The number of carbonyl (C=O) groups excluding carboxylic acids is 1. The molecule has 1 N–H and O–H groups in total. The minimum absolute atomic E-state index is 0.0336. The Bertz CT molecular complexity index is 845. The molecule has 0 saturated carbocycles. The van der Waals surface area contributed by atoms with Gasteiger partial charge in [0.1, 0.15) is 0 Å². The topological polar surface area (TPSA) is 93.4 Å². The number of hydrogen-bond donors (Lipinski definition) is 1. The quantitative estimate of drug-likeness (QED) is 0.695. The summed E-state index contributed by atoms with van der Waals surface area (Å²) in [6.45, 7) is 9.63. The van der Waals surface area contributed by atoms with Crippen LogP contribution in [0.25, 0.3) is 5.70 Å². The molecule has 0 aromatic carbocycles. The molecule has 2 unspecified atom stereocenters. The molecule has 0 bridgehead atoms. The summed E-state index contributed by atoms with van der Waals surface area (Å²) in [5.41, 5.74) is 0.792. The molecule has 2 atom stereocenters. The SMILES string of the molecule is C=C(C)OC.CC/C(=C\C(C)O)n1nnc(C2CCCCN2C(=O)c2cccs2)n1. The zero-order chi connectivity index (χ0) is 22.1. The summed E-state index contributed by atoms with van der Waals surface area (Å²) in [5, 5.41) is 24.3. The highest BCUT2D eigenvalue weighted by atomic mass is 32.1. The minimum atomic E-state index is -0.573. The molecule has 0 aliphatic carbocycles. The van der Waals surface area contributed by atoms with Gasteiger partial charge in [0.15, 0.2) is 5.82 Å². The number of rotatable bonds is 6. The number of carbonyl (C=O) groups is 1. The molecule has 1 fully saturated rings. The number of tetrazole rings is 1. The molecule has 3 heterocycles. The number of methoxy groups -OCH3 is 1. The smallest absolute Gasteiger partial charge is 0.264 e. The molecule has 2 aromatic heterocycles. The van der Waals surface area contributed by atoms with Crippen molar-refractivity contribution in [2.45, 2.75) is 58.6 Å². The zero-order valence-corrected chi connectivity index (χ0v) is 18.9. The molecule has 1 amide bonds. The summed E-state index contributed by atoms with van der Waals surface area (Å²) in [7, 11) is 1.60. The fraction of sp³-hybridized carbons (Fsp3) is 0.524. The van der Waals surface area contributed by atoms with Crippen LogP contribution in [-0.4, -0.2) is 55.9 Å². The van der Waals surface area contributed by atoms with Gasteiger partial charge in [-0.2, -0.15) is 0 Å². The third kappa shape index (κ3) is 6.50. The average molecular weight is 434 g/mol. The molecular formula is C21H31N5O3S. The van der Waals surface area contributed by atoms with Crippen molar-refractivity contribution in [2.75, 3.05) is 13.7 Å². The van der Waals surface area contributed by atoms with Crippen molar-refractivity contribution in [1.29, 1.82) is 0 Å². The second kappa shape index (κ2) is 11.6. The van der Waals surface area contributed by atoms with Crippen LogP contribution in [0.3, 0.4) is 0 Å². The van der Waals surface area contributed by atoms with E-state index in [1.54, 1.807) is 27.0 Å². The van der Waals surface area contributed by atoms with Crippen LogP contribution in [0.4, 0.5) is 0 Å². The fourth-order valence-corrected chi connectivity index (χ4v) is 3.75. The average Bonchev–Trinajstić information content (AvgIpc) is 3.44. The Morgan fingerprint density at radius 1 is 1.50 bits per heavy atom. The molecule has 2 aromatic rings. The second-order valence-corrected chi connectivity index (χ2v) is 8.03. The first-order chi connectivity index (χ1) is 14.4. The largest absolute Gasteiger partial charge is 0.502 e. The zero-order valence-electron chi connectivity index (χ0n) is 18.1. The third-order valence-electron chi connectivity index (χ3n) is 4.62. The first-order valence-electron chi connectivity index (χ1n) is 10.1. The van der Waals surface area contributed by atoms with E-state index < -0.39 is 6.10 Å². The lowest BCUT2D eigenvalue weighted by Gasteiger charge is -2.33. The molecular weight excluding hydrogens is 402 g/mol. The Kier molecular flexibility index (Phi) is 9.19. The lowest BCUT2D eigenvalue weighted by molar-refractivity contribution is 0.0605. The van der Waals surface area contributed by atoms with Crippen molar-refractivity contribution >= 4 is 22.9 Å². The normalized spacial score (nSPS) is 17.7. The van der Waals surface area contributed by atoms with E-state index in [1.165, 1.54) is 16.1 Å².